The Hall–Kier alpha value is -1.23. The van der Waals surface area contributed by atoms with Gasteiger partial charge in [-0.15, -0.1) is 0 Å². The molecule has 0 aromatic heterocycles. The van der Waals surface area contributed by atoms with Crippen LogP contribution < -0.4 is 10.5 Å². The van der Waals surface area contributed by atoms with Crippen LogP contribution in [0, 0.1) is 0 Å². The van der Waals surface area contributed by atoms with Crippen molar-refractivity contribution in [2.24, 2.45) is 10.9 Å². The summed E-state index contributed by atoms with van der Waals surface area (Å²) < 4.78 is 6.63. The van der Waals surface area contributed by atoms with Crippen LogP contribution in [0.4, 0.5) is 0 Å². The summed E-state index contributed by atoms with van der Waals surface area (Å²) in [5, 5.41) is 11.7. The second kappa shape index (κ2) is 6.49. The summed E-state index contributed by atoms with van der Waals surface area (Å²) in [6, 6.07) is 5.44. The van der Waals surface area contributed by atoms with Crippen LogP contribution in [0.25, 0.3) is 0 Å². The van der Waals surface area contributed by atoms with Crippen molar-refractivity contribution in [1.82, 2.24) is 0 Å². The van der Waals surface area contributed by atoms with E-state index in [1.165, 1.54) is 0 Å². The number of rotatable bonds is 5. The predicted octanol–water partition coefficient (Wildman–Crippen LogP) is 3.11. The molecule has 1 rings (SSSR count). The Balaban J connectivity index is 2.98. The van der Waals surface area contributed by atoms with Crippen molar-refractivity contribution in [3.63, 3.8) is 0 Å². The van der Waals surface area contributed by atoms with Gasteiger partial charge in [0.2, 0.25) is 0 Å². The fraction of sp³-hybridized carbons (Fsp3) is 0.417. The topological polar surface area (TPSA) is 67.8 Å². The van der Waals surface area contributed by atoms with Crippen LogP contribution in [0.5, 0.6) is 5.75 Å². The molecule has 1 aromatic rings. The molecule has 1 aromatic carbocycles. The predicted molar refractivity (Wildman–Crippen MR) is 71.7 cm³/mol. The zero-order chi connectivity index (χ0) is 12.8. The maximum absolute atomic E-state index is 8.73. The molecule has 0 saturated carbocycles. The second-order valence-corrected chi connectivity index (χ2v) is 4.76. The first-order valence-corrected chi connectivity index (χ1v) is 6.31. The summed E-state index contributed by atoms with van der Waals surface area (Å²) in [7, 11) is 0. The number of amidine groups is 1. The van der Waals surface area contributed by atoms with Crippen molar-refractivity contribution in [3.8, 4) is 5.75 Å². The van der Waals surface area contributed by atoms with Gasteiger partial charge >= 0.3 is 0 Å². The number of halogens is 1. The minimum Gasteiger partial charge on any atom is -0.490 e. The molecule has 0 radical (unpaired) electrons. The molecule has 0 aliphatic rings. The van der Waals surface area contributed by atoms with Gasteiger partial charge < -0.3 is 15.7 Å². The van der Waals surface area contributed by atoms with E-state index in [0.29, 0.717) is 11.3 Å². The molecule has 0 aliphatic heterocycles. The summed E-state index contributed by atoms with van der Waals surface area (Å²) in [6.45, 7) is 4.10. The summed E-state index contributed by atoms with van der Waals surface area (Å²) in [5.41, 5.74) is 6.20. The fourth-order valence-electron chi connectivity index (χ4n) is 1.54. The third-order valence-corrected chi connectivity index (χ3v) is 2.84. The summed E-state index contributed by atoms with van der Waals surface area (Å²) >= 11 is 3.34. The van der Waals surface area contributed by atoms with E-state index in [0.717, 1.165) is 17.3 Å². The molecule has 0 heterocycles. The lowest BCUT2D eigenvalue weighted by atomic mass is 10.1. The number of oxime groups is 1. The Bertz CT molecular complexity index is 407. The van der Waals surface area contributed by atoms with E-state index < -0.39 is 0 Å². The average Bonchev–Trinajstić information content (AvgIpc) is 2.30. The molecule has 0 bridgehead atoms. The Morgan fingerprint density at radius 1 is 1.59 bits per heavy atom. The molecule has 0 spiro atoms. The molecule has 5 heteroatoms. The number of nitrogens with two attached hydrogens (primary N) is 1. The normalized spacial score (nSPS) is 13.5. The molecule has 1 unspecified atom stereocenters. The van der Waals surface area contributed by atoms with Crippen LogP contribution in [-0.2, 0) is 0 Å². The van der Waals surface area contributed by atoms with Gasteiger partial charge in [0.25, 0.3) is 0 Å². The molecule has 94 valence electrons. The third kappa shape index (κ3) is 3.93. The van der Waals surface area contributed by atoms with Crippen LogP contribution in [0.2, 0.25) is 0 Å². The first-order chi connectivity index (χ1) is 8.08. The highest BCUT2D eigenvalue weighted by atomic mass is 79.9. The highest BCUT2D eigenvalue weighted by Gasteiger charge is 2.11. The largest absolute Gasteiger partial charge is 0.490 e. The maximum Gasteiger partial charge on any atom is 0.173 e. The van der Waals surface area contributed by atoms with Crippen molar-refractivity contribution in [3.05, 3.63) is 28.2 Å². The Morgan fingerprint density at radius 3 is 2.88 bits per heavy atom. The van der Waals surface area contributed by atoms with Crippen LogP contribution in [0.1, 0.15) is 32.3 Å². The quantitative estimate of drug-likeness (QED) is 0.380. The molecule has 1 atom stereocenters. The minimum absolute atomic E-state index is 0.0463. The average molecular weight is 301 g/mol. The molecule has 0 fully saturated rings. The minimum atomic E-state index is 0.0463. The monoisotopic (exact) mass is 300 g/mol. The lowest BCUT2D eigenvalue weighted by Gasteiger charge is -2.16. The third-order valence-electron chi connectivity index (χ3n) is 2.35. The lowest BCUT2D eigenvalue weighted by molar-refractivity contribution is 0.209. The Morgan fingerprint density at radius 2 is 2.29 bits per heavy atom. The van der Waals surface area contributed by atoms with E-state index in [-0.39, 0.29) is 11.9 Å². The van der Waals surface area contributed by atoms with Gasteiger partial charge in [0, 0.05) is 4.47 Å². The van der Waals surface area contributed by atoms with Gasteiger partial charge in [-0.3, -0.25) is 0 Å². The van der Waals surface area contributed by atoms with Crippen LogP contribution in [-0.4, -0.2) is 17.1 Å². The van der Waals surface area contributed by atoms with Gasteiger partial charge in [0.1, 0.15) is 5.75 Å². The standard InChI is InChI=1S/C12H17BrN2O2/c1-3-4-8(2)17-11-6-5-9(13)7-10(11)12(14)15-16/h5-8,16H,3-4H2,1-2H3,(H2,14,15). The van der Waals surface area contributed by atoms with Crippen molar-refractivity contribution in [2.75, 3.05) is 0 Å². The van der Waals surface area contributed by atoms with Gasteiger partial charge in [-0.05, 0) is 31.5 Å². The van der Waals surface area contributed by atoms with E-state index in [4.69, 9.17) is 15.7 Å². The highest BCUT2D eigenvalue weighted by molar-refractivity contribution is 9.10. The molecule has 3 N–H and O–H groups in total. The van der Waals surface area contributed by atoms with Crippen LogP contribution in [0.3, 0.4) is 0 Å². The van der Waals surface area contributed by atoms with Gasteiger partial charge in [-0.2, -0.15) is 0 Å². The van der Waals surface area contributed by atoms with Crippen molar-refractivity contribution in [1.29, 1.82) is 0 Å². The van der Waals surface area contributed by atoms with Gasteiger partial charge in [0.15, 0.2) is 5.84 Å². The van der Waals surface area contributed by atoms with Gasteiger partial charge in [-0.25, -0.2) is 0 Å². The lowest BCUT2D eigenvalue weighted by Crippen LogP contribution is -2.18. The molecule has 0 amide bonds. The Kier molecular flexibility index (Phi) is 5.28. The van der Waals surface area contributed by atoms with E-state index in [2.05, 4.69) is 28.0 Å². The molecule has 0 saturated heterocycles. The molecular formula is C12H17BrN2O2. The number of ether oxygens (including phenoxy) is 1. The highest BCUT2D eigenvalue weighted by Crippen LogP contribution is 2.24. The molecule has 4 nitrogen and oxygen atoms in total. The van der Waals surface area contributed by atoms with E-state index in [9.17, 15) is 0 Å². The molecular weight excluding hydrogens is 284 g/mol. The van der Waals surface area contributed by atoms with E-state index in [1.54, 1.807) is 6.07 Å². The van der Waals surface area contributed by atoms with Gasteiger partial charge in [-0.1, -0.05) is 34.4 Å². The van der Waals surface area contributed by atoms with E-state index >= 15 is 0 Å². The van der Waals surface area contributed by atoms with Crippen molar-refractivity contribution < 1.29 is 9.94 Å². The summed E-state index contributed by atoms with van der Waals surface area (Å²) in [4.78, 5) is 0. The first-order valence-electron chi connectivity index (χ1n) is 5.52. The first kappa shape index (κ1) is 13.8. The van der Waals surface area contributed by atoms with Crippen molar-refractivity contribution in [2.45, 2.75) is 32.8 Å². The Labute approximate surface area is 110 Å². The maximum atomic E-state index is 8.73. The molecule has 0 aliphatic carbocycles. The fourth-order valence-corrected chi connectivity index (χ4v) is 1.90. The molecule has 17 heavy (non-hydrogen) atoms. The van der Waals surface area contributed by atoms with Crippen LogP contribution >= 0.6 is 15.9 Å². The van der Waals surface area contributed by atoms with E-state index in [1.807, 2.05) is 19.1 Å². The number of nitrogens with zero attached hydrogens (tertiary/aromatic N) is 1. The van der Waals surface area contributed by atoms with Gasteiger partial charge in [0.05, 0.1) is 11.7 Å². The van der Waals surface area contributed by atoms with Crippen molar-refractivity contribution >= 4 is 21.8 Å². The second-order valence-electron chi connectivity index (χ2n) is 3.84. The number of hydrogen-bond acceptors (Lipinski definition) is 3. The zero-order valence-corrected chi connectivity index (χ0v) is 11.6. The zero-order valence-electron chi connectivity index (χ0n) is 9.98. The smallest absolute Gasteiger partial charge is 0.173 e. The number of hydrogen-bond donors (Lipinski definition) is 2. The SMILES string of the molecule is CCCC(C)Oc1ccc(Br)cc1/C(N)=N/O. The summed E-state index contributed by atoms with van der Waals surface area (Å²) in [6.07, 6.45) is 2.12. The van der Waals surface area contributed by atoms with Crippen LogP contribution in [0.15, 0.2) is 27.8 Å². The number of benzene rings is 1. The summed E-state index contributed by atoms with van der Waals surface area (Å²) in [5.74, 6) is 0.675.